The summed E-state index contributed by atoms with van der Waals surface area (Å²) in [5.41, 5.74) is 1.72. The standard InChI is InChI=1S/C13H16N2O4S2/c1-18-10-3-4-13(12(7-10)19-2)21(16,17)15-6-5-11-8-14-9-20-11/h3-4,7-9,15H,5-6H2,1-2H3. The van der Waals surface area contributed by atoms with Crippen molar-refractivity contribution in [3.63, 3.8) is 0 Å². The fraction of sp³-hybridized carbons (Fsp3) is 0.308. The van der Waals surface area contributed by atoms with Crippen LogP contribution in [0.15, 0.2) is 34.8 Å². The zero-order valence-electron chi connectivity index (χ0n) is 11.7. The van der Waals surface area contributed by atoms with E-state index in [1.54, 1.807) is 17.8 Å². The third-order valence-corrected chi connectivity index (χ3v) is 5.15. The van der Waals surface area contributed by atoms with Crippen LogP contribution in [0.25, 0.3) is 0 Å². The predicted molar refractivity (Wildman–Crippen MR) is 80.6 cm³/mol. The molecular weight excluding hydrogens is 312 g/mol. The van der Waals surface area contributed by atoms with Gasteiger partial charge in [0.2, 0.25) is 10.0 Å². The Labute approximate surface area is 127 Å². The average molecular weight is 328 g/mol. The Bertz CT molecular complexity index is 684. The summed E-state index contributed by atoms with van der Waals surface area (Å²) in [6.07, 6.45) is 2.33. The Morgan fingerprint density at radius 2 is 2.10 bits per heavy atom. The molecule has 0 saturated carbocycles. The van der Waals surface area contributed by atoms with Gasteiger partial charge in [0.1, 0.15) is 16.4 Å². The second-order valence-electron chi connectivity index (χ2n) is 4.13. The topological polar surface area (TPSA) is 77.5 Å². The van der Waals surface area contributed by atoms with Gasteiger partial charge in [0, 0.05) is 23.7 Å². The molecule has 0 aliphatic rings. The third kappa shape index (κ3) is 3.93. The van der Waals surface area contributed by atoms with E-state index in [1.165, 1.54) is 37.7 Å². The number of ether oxygens (including phenoxy) is 2. The molecule has 8 heteroatoms. The summed E-state index contributed by atoms with van der Waals surface area (Å²) in [4.78, 5) is 5.07. The molecule has 0 atom stereocenters. The quantitative estimate of drug-likeness (QED) is 0.837. The van der Waals surface area contributed by atoms with Crippen LogP contribution >= 0.6 is 11.3 Å². The van der Waals surface area contributed by atoms with Gasteiger partial charge < -0.3 is 9.47 Å². The number of sulfonamides is 1. The van der Waals surface area contributed by atoms with Crippen LogP contribution in [-0.4, -0.2) is 34.2 Å². The Morgan fingerprint density at radius 3 is 2.71 bits per heavy atom. The molecule has 2 rings (SSSR count). The van der Waals surface area contributed by atoms with Crippen molar-refractivity contribution >= 4 is 21.4 Å². The fourth-order valence-electron chi connectivity index (χ4n) is 1.75. The van der Waals surface area contributed by atoms with Gasteiger partial charge in [-0.2, -0.15) is 0 Å². The lowest BCUT2D eigenvalue weighted by molar-refractivity contribution is 0.386. The number of thiazole rings is 1. The van der Waals surface area contributed by atoms with E-state index in [4.69, 9.17) is 9.47 Å². The zero-order valence-corrected chi connectivity index (χ0v) is 13.3. The monoisotopic (exact) mass is 328 g/mol. The van der Waals surface area contributed by atoms with Gasteiger partial charge in [-0.15, -0.1) is 11.3 Å². The highest BCUT2D eigenvalue weighted by Gasteiger charge is 2.19. The second kappa shape index (κ2) is 6.88. The Morgan fingerprint density at radius 1 is 1.29 bits per heavy atom. The van der Waals surface area contributed by atoms with Gasteiger partial charge in [0.25, 0.3) is 0 Å². The van der Waals surface area contributed by atoms with Crippen LogP contribution in [0, 0.1) is 0 Å². The van der Waals surface area contributed by atoms with Crippen molar-refractivity contribution in [3.05, 3.63) is 34.8 Å². The largest absolute Gasteiger partial charge is 0.497 e. The van der Waals surface area contributed by atoms with Gasteiger partial charge in [0.05, 0.1) is 19.7 Å². The highest BCUT2D eigenvalue weighted by molar-refractivity contribution is 7.89. The van der Waals surface area contributed by atoms with E-state index in [2.05, 4.69) is 9.71 Å². The number of aromatic nitrogens is 1. The Balaban J connectivity index is 2.11. The van der Waals surface area contributed by atoms with Crippen molar-refractivity contribution in [3.8, 4) is 11.5 Å². The normalized spacial score (nSPS) is 11.3. The van der Waals surface area contributed by atoms with Gasteiger partial charge in [0.15, 0.2) is 0 Å². The molecule has 1 heterocycles. The minimum Gasteiger partial charge on any atom is -0.497 e. The van der Waals surface area contributed by atoms with Crippen molar-refractivity contribution in [2.75, 3.05) is 20.8 Å². The van der Waals surface area contributed by atoms with Gasteiger partial charge in [-0.05, 0) is 18.6 Å². The molecule has 1 aromatic carbocycles. The first-order chi connectivity index (χ1) is 10.1. The molecule has 1 aromatic heterocycles. The van der Waals surface area contributed by atoms with Crippen molar-refractivity contribution in [2.45, 2.75) is 11.3 Å². The molecule has 0 bridgehead atoms. The lowest BCUT2D eigenvalue weighted by Gasteiger charge is -2.11. The van der Waals surface area contributed by atoms with Crippen molar-refractivity contribution < 1.29 is 17.9 Å². The van der Waals surface area contributed by atoms with Crippen molar-refractivity contribution in [1.29, 1.82) is 0 Å². The van der Waals surface area contributed by atoms with Crippen LogP contribution < -0.4 is 14.2 Å². The first-order valence-electron chi connectivity index (χ1n) is 6.16. The zero-order chi connectivity index (χ0) is 15.3. The number of methoxy groups -OCH3 is 2. The van der Waals surface area contributed by atoms with Crippen LogP contribution in [0.1, 0.15) is 4.88 Å². The molecule has 0 aliphatic carbocycles. The molecule has 114 valence electrons. The molecule has 21 heavy (non-hydrogen) atoms. The molecule has 0 unspecified atom stereocenters. The van der Waals surface area contributed by atoms with Crippen LogP contribution in [0.5, 0.6) is 11.5 Å². The van der Waals surface area contributed by atoms with Crippen molar-refractivity contribution in [2.24, 2.45) is 0 Å². The molecule has 2 aromatic rings. The summed E-state index contributed by atoms with van der Waals surface area (Å²) in [6.45, 7) is 0.305. The Hall–Kier alpha value is -1.64. The van der Waals surface area contributed by atoms with Gasteiger partial charge in [-0.3, -0.25) is 4.98 Å². The molecular formula is C13H16N2O4S2. The van der Waals surface area contributed by atoms with Gasteiger partial charge >= 0.3 is 0 Å². The maximum Gasteiger partial charge on any atom is 0.244 e. The van der Waals surface area contributed by atoms with E-state index in [1.807, 2.05) is 0 Å². The maximum absolute atomic E-state index is 12.3. The van der Waals surface area contributed by atoms with Gasteiger partial charge in [-0.25, -0.2) is 13.1 Å². The fourth-order valence-corrected chi connectivity index (χ4v) is 3.53. The number of hydrogen-bond donors (Lipinski definition) is 1. The number of rotatable bonds is 7. The maximum atomic E-state index is 12.3. The molecule has 0 aliphatic heterocycles. The summed E-state index contributed by atoms with van der Waals surface area (Å²) >= 11 is 1.49. The summed E-state index contributed by atoms with van der Waals surface area (Å²) < 4.78 is 37.3. The first-order valence-corrected chi connectivity index (χ1v) is 8.52. The number of nitrogens with one attached hydrogen (secondary N) is 1. The van der Waals surface area contributed by atoms with Crippen LogP contribution in [0.2, 0.25) is 0 Å². The SMILES string of the molecule is COc1ccc(S(=O)(=O)NCCc2cncs2)c(OC)c1. The predicted octanol–water partition coefficient (Wildman–Crippen LogP) is 1.68. The molecule has 0 saturated heterocycles. The lowest BCUT2D eigenvalue weighted by Crippen LogP contribution is -2.26. The minimum atomic E-state index is -3.63. The number of nitrogens with zero attached hydrogens (tertiary/aromatic N) is 1. The highest BCUT2D eigenvalue weighted by atomic mass is 32.2. The molecule has 1 N–H and O–H groups in total. The summed E-state index contributed by atoms with van der Waals surface area (Å²) in [6, 6.07) is 4.59. The van der Waals surface area contributed by atoms with E-state index < -0.39 is 10.0 Å². The van der Waals surface area contributed by atoms with Crippen molar-refractivity contribution in [1.82, 2.24) is 9.71 Å². The molecule has 0 fully saturated rings. The third-order valence-electron chi connectivity index (χ3n) is 2.81. The van der Waals surface area contributed by atoms with E-state index in [0.717, 1.165) is 4.88 Å². The summed E-state index contributed by atoms with van der Waals surface area (Å²) in [5.74, 6) is 0.787. The number of hydrogen-bond acceptors (Lipinski definition) is 6. The van der Waals surface area contributed by atoms with E-state index in [9.17, 15) is 8.42 Å². The number of benzene rings is 1. The van der Waals surface area contributed by atoms with E-state index in [-0.39, 0.29) is 10.6 Å². The summed E-state index contributed by atoms with van der Waals surface area (Å²) in [7, 11) is -0.696. The van der Waals surface area contributed by atoms with Crippen LogP contribution in [-0.2, 0) is 16.4 Å². The van der Waals surface area contributed by atoms with Crippen LogP contribution in [0.3, 0.4) is 0 Å². The molecule has 0 radical (unpaired) electrons. The highest BCUT2D eigenvalue weighted by Crippen LogP contribution is 2.28. The van der Waals surface area contributed by atoms with Gasteiger partial charge in [-0.1, -0.05) is 0 Å². The average Bonchev–Trinajstić information content (AvgIpc) is 2.99. The molecule has 0 amide bonds. The lowest BCUT2D eigenvalue weighted by atomic mass is 10.3. The Kier molecular flexibility index (Phi) is 5.16. The van der Waals surface area contributed by atoms with E-state index in [0.29, 0.717) is 18.7 Å². The second-order valence-corrected chi connectivity index (χ2v) is 6.84. The van der Waals surface area contributed by atoms with Crippen LogP contribution in [0.4, 0.5) is 0 Å². The minimum absolute atomic E-state index is 0.0927. The molecule has 6 nitrogen and oxygen atoms in total. The van der Waals surface area contributed by atoms with E-state index >= 15 is 0 Å². The smallest absolute Gasteiger partial charge is 0.244 e. The molecule has 0 spiro atoms. The summed E-state index contributed by atoms with van der Waals surface area (Å²) in [5, 5.41) is 0. The first kappa shape index (κ1) is 15.7.